The van der Waals surface area contributed by atoms with Gasteiger partial charge in [0, 0.05) is 28.8 Å². The first-order valence-electron chi connectivity index (χ1n) is 7.30. The molecule has 0 aliphatic rings. The minimum Gasteiger partial charge on any atom is -0.369 e. The summed E-state index contributed by atoms with van der Waals surface area (Å²) in [7, 11) is 0. The van der Waals surface area contributed by atoms with Gasteiger partial charge in [0.05, 0.1) is 0 Å². The van der Waals surface area contributed by atoms with Gasteiger partial charge in [0.15, 0.2) is 0 Å². The number of nitrogens with zero attached hydrogens (tertiary/aromatic N) is 1. The summed E-state index contributed by atoms with van der Waals surface area (Å²) in [6.45, 7) is 13.3. The van der Waals surface area contributed by atoms with Crippen LogP contribution in [0.1, 0.15) is 52.6 Å². The molecule has 0 aliphatic heterocycles. The van der Waals surface area contributed by atoms with Gasteiger partial charge in [-0.2, -0.15) is 0 Å². The van der Waals surface area contributed by atoms with Gasteiger partial charge in [-0.25, -0.2) is 0 Å². The number of hydrogen-bond donors (Lipinski definition) is 1. The maximum absolute atomic E-state index is 3.59. The smallest absolute Gasteiger partial charge is 0.0417 e. The average Bonchev–Trinajstić information content (AvgIpc) is 2.38. The second kappa shape index (κ2) is 7.91. The molecule has 0 radical (unpaired) electrons. The minimum atomic E-state index is 0.375. The van der Waals surface area contributed by atoms with E-state index in [1.54, 1.807) is 0 Å². The van der Waals surface area contributed by atoms with Crippen LogP contribution in [0.25, 0.3) is 0 Å². The topological polar surface area (TPSA) is 15.3 Å². The van der Waals surface area contributed by atoms with Crippen LogP contribution in [0.5, 0.6) is 0 Å². The van der Waals surface area contributed by atoms with Crippen LogP contribution in [0.4, 0.5) is 5.69 Å². The molecular formula is C16H27BrN2. The van der Waals surface area contributed by atoms with E-state index in [4.69, 9.17) is 0 Å². The Labute approximate surface area is 126 Å². The van der Waals surface area contributed by atoms with Crippen molar-refractivity contribution < 1.29 is 0 Å². The Hall–Kier alpha value is -0.540. The lowest BCUT2D eigenvalue weighted by atomic mass is 10.0. The molecule has 0 bridgehead atoms. The van der Waals surface area contributed by atoms with Gasteiger partial charge >= 0.3 is 0 Å². The molecule has 0 aliphatic carbocycles. The molecule has 2 nitrogen and oxygen atoms in total. The van der Waals surface area contributed by atoms with E-state index in [1.807, 2.05) is 0 Å². The van der Waals surface area contributed by atoms with E-state index >= 15 is 0 Å². The van der Waals surface area contributed by atoms with Crippen LogP contribution in [0.15, 0.2) is 22.7 Å². The van der Waals surface area contributed by atoms with Crippen molar-refractivity contribution in [2.45, 2.75) is 53.1 Å². The first-order valence-corrected chi connectivity index (χ1v) is 8.10. The van der Waals surface area contributed by atoms with Crippen LogP contribution in [0.2, 0.25) is 0 Å². The first-order chi connectivity index (χ1) is 9.01. The molecule has 1 aromatic carbocycles. The fourth-order valence-corrected chi connectivity index (χ4v) is 2.80. The molecule has 1 aromatic rings. The highest BCUT2D eigenvalue weighted by atomic mass is 79.9. The summed E-state index contributed by atoms with van der Waals surface area (Å²) in [6, 6.07) is 7.50. The predicted octanol–water partition coefficient (Wildman–Crippen LogP) is 4.74. The van der Waals surface area contributed by atoms with Crippen molar-refractivity contribution in [1.82, 2.24) is 5.32 Å². The fraction of sp³-hybridized carbons (Fsp3) is 0.625. The molecule has 1 rings (SSSR count). The summed E-state index contributed by atoms with van der Waals surface area (Å²) >= 11 is 3.59. The third-order valence-corrected chi connectivity index (χ3v) is 3.92. The molecule has 1 N–H and O–H groups in total. The summed E-state index contributed by atoms with van der Waals surface area (Å²) in [5, 5.41) is 3.59. The number of anilines is 1. The maximum atomic E-state index is 3.59. The van der Waals surface area contributed by atoms with E-state index in [0.717, 1.165) is 24.0 Å². The second-order valence-corrected chi connectivity index (χ2v) is 6.17. The van der Waals surface area contributed by atoms with Crippen molar-refractivity contribution in [3.8, 4) is 0 Å². The van der Waals surface area contributed by atoms with E-state index in [0.29, 0.717) is 12.1 Å². The van der Waals surface area contributed by atoms with Crippen molar-refractivity contribution in [3.63, 3.8) is 0 Å². The zero-order valence-corrected chi connectivity index (χ0v) is 14.4. The molecule has 0 heterocycles. The Balaban J connectivity index is 3.09. The standard InChI is InChI=1S/C16H27BrN2/c1-6-10-18-13(5)15-11-14(17)8-9-16(15)19(7-2)12(3)4/h8-9,11-13,18H,6-7,10H2,1-5H3. The Kier molecular flexibility index (Phi) is 6.87. The highest BCUT2D eigenvalue weighted by molar-refractivity contribution is 9.10. The van der Waals surface area contributed by atoms with Crippen LogP contribution in [0, 0.1) is 0 Å². The highest BCUT2D eigenvalue weighted by Crippen LogP contribution is 2.30. The monoisotopic (exact) mass is 326 g/mol. The fourth-order valence-electron chi connectivity index (χ4n) is 2.42. The van der Waals surface area contributed by atoms with Gasteiger partial charge in [0.25, 0.3) is 0 Å². The van der Waals surface area contributed by atoms with Crippen LogP contribution < -0.4 is 10.2 Å². The highest BCUT2D eigenvalue weighted by Gasteiger charge is 2.16. The lowest BCUT2D eigenvalue weighted by Crippen LogP contribution is -2.32. The Morgan fingerprint density at radius 3 is 2.42 bits per heavy atom. The normalized spacial score (nSPS) is 12.8. The van der Waals surface area contributed by atoms with Crippen LogP contribution >= 0.6 is 15.9 Å². The average molecular weight is 327 g/mol. The molecule has 0 fully saturated rings. The molecule has 0 saturated carbocycles. The zero-order valence-electron chi connectivity index (χ0n) is 12.8. The summed E-state index contributed by atoms with van der Waals surface area (Å²) in [4.78, 5) is 2.45. The summed E-state index contributed by atoms with van der Waals surface area (Å²) in [6.07, 6.45) is 1.16. The van der Waals surface area contributed by atoms with Gasteiger partial charge in [-0.1, -0.05) is 22.9 Å². The molecule has 19 heavy (non-hydrogen) atoms. The summed E-state index contributed by atoms with van der Waals surface area (Å²) < 4.78 is 1.15. The Morgan fingerprint density at radius 2 is 1.89 bits per heavy atom. The molecule has 108 valence electrons. The number of halogens is 1. The van der Waals surface area contributed by atoms with Gasteiger partial charge in [-0.05, 0) is 64.4 Å². The molecule has 0 aromatic heterocycles. The Bertz CT molecular complexity index is 390. The van der Waals surface area contributed by atoms with E-state index in [-0.39, 0.29) is 0 Å². The van der Waals surface area contributed by atoms with Crippen LogP contribution in [-0.4, -0.2) is 19.1 Å². The van der Waals surface area contributed by atoms with Gasteiger partial charge in [-0.15, -0.1) is 0 Å². The third kappa shape index (κ3) is 4.50. The van der Waals surface area contributed by atoms with Crippen molar-refractivity contribution >= 4 is 21.6 Å². The molecule has 0 amide bonds. The quantitative estimate of drug-likeness (QED) is 0.778. The molecule has 1 unspecified atom stereocenters. The van der Waals surface area contributed by atoms with Crippen molar-refractivity contribution in [2.75, 3.05) is 18.0 Å². The van der Waals surface area contributed by atoms with Gasteiger partial charge < -0.3 is 10.2 Å². The first kappa shape index (κ1) is 16.5. The molecule has 1 atom stereocenters. The van der Waals surface area contributed by atoms with E-state index in [9.17, 15) is 0 Å². The van der Waals surface area contributed by atoms with E-state index in [1.165, 1.54) is 11.3 Å². The van der Waals surface area contributed by atoms with Gasteiger partial charge in [0.2, 0.25) is 0 Å². The van der Waals surface area contributed by atoms with Crippen molar-refractivity contribution in [2.24, 2.45) is 0 Å². The number of hydrogen-bond acceptors (Lipinski definition) is 2. The zero-order chi connectivity index (χ0) is 14.4. The lowest BCUT2D eigenvalue weighted by molar-refractivity contribution is 0.566. The summed E-state index contributed by atoms with van der Waals surface area (Å²) in [5.41, 5.74) is 2.72. The van der Waals surface area contributed by atoms with E-state index < -0.39 is 0 Å². The van der Waals surface area contributed by atoms with Crippen LogP contribution in [-0.2, 0) is 0 Å². The molecule has 0 saturated heterocycles. The number of nitrogens with one attached hydrogen (secondary N) is 1. The van der Waals surface area contributed by atoms with Crippen molar-refractivity contribution in [3.05, 3.63) is 28.2 Å². The lowest BCUT2D eigenvalue weighted by Gasteiger charge is -2.31. The second-order valence-electron chi connectivity index (χ2n) is 5.26. The molecule has 3 heteroatoms. The predicted molar refractivity (Wildman–Crippen MR) is 89.0 cm³/mol. The number of rotatable bonds is 7. The summed E-state index contributed by atoms with van der Waals surface area (Å²) in [5.74, 6) is 0. The van der Waals surface area contributed by atoms with Gasteiger partial charge in [-0.3, -0.25) is 0 Å². The molecule has 0 spiro atoms. The van der Waals surface area contributed by atoms with Gasteiger partial charge in [0.1, 0.15) is 0 Å². The largest absolute Gasteiger partial charge is 0.369 e. The molecular weight excluding hydrogens is 300 g/mol. The SMILES string of the molecule is CCCNC(C)c1cc(Br)ccc1N(CC)C(C)C. The third-order valence-electron chi connectivity index (χ3n) is 3.43. The maximum Gasteiger partial charge on any atom is 0.0417 e. The Morgan fingerprint density at radius 1 is 1.21 bits per heavy atom. The minimum absolute atomic E-state index is 0.375. The van der Waals surface area contributed by atoms with Crippen LogP contribution in [0.3, 0.4) is 0 Å². The van der Waals surface area contributed by atoms with E-state index in [2.05, 4.69) is 79.0 Å². The van der Waals surface area contributed by atoms with Crippen molar-refractivity contribution in [1.29, 1.82) is 0 Å². The number of benzene rings is 1.